The fourth-order valence-electron chi connectivity index (χ4n) is 5.46. The third-order valence-corrected chi connectivity index (χ3v) is 8.44. The zero-order valence-electron chi connectivity index (χ0n) is 21.5. The largest absolute Gasteiger partial charge is 0.497 e. The van der Waals surface area contributed by atoms with Crippen LogP contribution in [0.5, 0.6) is 5.75 Å². The molecule has 4 N–H and O–H groups in total. The maximum absolute atomic E-state index is 12.0. The van der Waals surface area contributed by atoms with Gasteiger partial charge in [0, 0.05) is 12.6 Å². The highest BCUT2D eigenvalue weighted by molar-refractivity contribution is 7.88. The standard InChI is InChI=1S/C29H35N3O5S/c1-37-26-14-8-13-24(21-26)29(19-20-30-38(35,36)32-28(33)34)17-15-25(16-18-29)31-27(22-9-4-2-5-10-22)23-11-6-3-7-12-23/h2-14,21,25,27,30-32H,15-20H2,1H3,(H,33,34)/t25-,29-. The highest BCUT2D eigenvalue weighted by atomic mass is 32.2. The average molecular weight is 538 g/mol. The van der Waals surface area contributed by atoms with Crippen molar-refractivity contribution >= 4 is 16.3 Å². The molecule has 3 aromatic rings. The van der Waals surface area contributed by atoms with Gasteiger partial charge in [-0.2, -0.15) is 13.1 Å². The molecule has 4 rings (SSSR count). The monoisotopic (exact) mass is 537 g/mol. The maximum atomic E-state index is 12.0. The molecule has 0 aromatic heterocycles. The van der Waals surface area contributed by atoms with Gasteiger partial charge in [0.25, 0.3) is 0 Å². The molecule has 1 amide bonds. The van der Waals surface area contributed by atoms with Gasteiger partial charge in [-0.25, -0.2) is 9.52 Å². The molecule has 0 atom stereocenters. The molecule has 0 aliphatic heterocycles. The van der Waals surface area contributed by atoms with Gasteiger partial charge in [0.1, 0.15) is 5.75 Å². The van der Waals surface area contributed by atoms with Crippen LogP contribution in [0.15, 0.2) is 84.9 Å². The summed E-state index contributed by atoms with van der Waals surface area (Å²) in [6, 6.07) is 29.1. The van der Waals surface area contributed by atoms with Gasteiger partial charge in [0.2, 0.25) is 0 Å². The number of carboxylic acid groups (broad SMARTS) is 1. The molecule has 3 aromatic carbocycles. The Bertz CT molecular complexity index is 1250. The van der Waals surface area contributed by atoms with Crippen molar-refractivity contribution in [2.45, 2.75) is 49.6 Å². The van der Waals surface area contributed by atoms with Gasteiger partial charge >= 0.3 is 16.3 Å². The Morgan fingerprint density at radius 3 is 2.13 bits per heavy atom. The van der Waals surface area contributed by atoms with E-state index < -0.39 is 16.3 Å². The lowest BCUT2D eigenvalue weighted by molar-refractivity contribution is 0.201. The van der Waals surface area contributed by atoms with E-state index in [-0.39, 0.29) is 24.0 Å². The number of benzene rings is 3. The van der Waals surface area contributed by atoms with E-state index in [1.165, 1.54) is 15.8 Å². The van der Waals surface area contributed by atoms with Gasteiger partial charge in [-0.3, -0.25) is 0 Å². The van der Waals surface area contributed by atoms with Crippen molar-refractivity contribution in [1.29, 1.82) is 0 Å². The molecule has 1 aliphatic carbocycles. The van der Waals surface area contributed by atoms with Crippen molar-refractivity contribution in [2.75, 3.05) is 13.7 Å². The molecular formula is C29H35N3O5S. The second-order valence-corrected chi connectivity index (χ2v) is 11.3. The van der Waals surface area contributed by atoms with Crippen LogP contribution >= 0.6 is 0 Å². The number of hydrogen-bond acceptors (Lipinski definition) is 5. The fourth-order valence-corrected chi connectivity index (χ4v) is 6.13. The molecule has 0 spiro atoms. The van der Waals surface area contributed by atoms with E-state index in [1.54, 1.807) is 7.11 Å². The third-order valence-electron chi connectivity index (χ3n) is 7.41. The average Bonchev–Trinajstić information content (AvgIpc) is 2.93. The molecular weight excluding hydrogens is 502 g/mol. The minimum Gasteiger partial charge on any atom is -0.497 e. The Morgan fingerprint density at radius 1 is 0.974 bits per heavy atom. The van der Waals surface area contributed by atoms with Crippen molar-refractivity contribution in [3.8, 4) is 5.75 Å². The van der Waals surface area contributed by atoms with Gasteiger partial charge in [-0.05, 0) is 66.3 Å². The number of ether oxygens (including phenoxy) is 1. The number of carbonyl (C=O) groups is 1. The van der Waals surface area contributed by atoms with Crippen LogP contribution in [-0.4, -0.2) is 39.3 Å². The molecule has 1 aliphatic rings. The smallest absolute Gasteiger partial charge is 0.419 e. The normalized spacial score (nSPS) is 19.7. The molecule has 9 heteroatoms. The van der Waals surface area contributed by atoms with E-state index >= 15 is 0 Å². The van der Waals surface area contributed by atoms with E-state index in [2.05, 4.69) is 64.6 Å². The third kappa shape index (κ3) is 7.12. The summed E-state index contributed by atoms with van der Waals surface area (Å²) in [4.78, 5) is 10.8. The summed E-state index contributed by atoms with van der Waals surface area (Å²) in [5.74, 6) is 0.753. The Hall–Kier alpha value is -3.40. The molecule has 0 heterocycles. The van der Waals surface area contributed by atoms with Crippen molar-refractivity contribution in [3.05, 3.63) is 102 Å². The minimum atomic E-state index is -4.13. The summed E-state index contributed by atoms with van der Waals surface area (Å²) < 4.78 is 33.4. The zero-order valence-corrected chi connectivity index (χ0v) is 22.3. The Morgan fingerprint density at radius 2 is 1.58 bits per heavy atom. The first-order chi connectivity index (χ1) is 18.3. The highest BCUT2D eigenvalue weighted by Crippen LogP contribution is 2.43. The summed E-state index contributed by atoms with van der Waals surface area (Å²) in [5.41, 5.74) is 3.25. The molecule has 8 nitrogen and oxygen atoms in total. The lowest BCUT2D eigenvalue weighted by atomic mass is 9.66. The molecule has 1 saturated carbocycles. The number of rotatable bonds is 11. The minimum absolute atomic E-state index is 0.0700. The number of methoxy groups -OCH3 is 1. The second-order valence-electron chi connectivity index (χ2n) is 9.76. The summed E-state index contributed by atoms with van der Waals surface area (Å²) in [6.07, 6.45) is 2.44. The summed E-state index contributed by atoms with van der Waals surface area (Å²) >= 11 is 0. The fraction of sp³-hybridized carbons (Fsp3) is 0.345. The highest BCUT2D eigenvalue weighted by Gasteiger charge is 2.38. The van der Waals surface area contributed by atoms with Gasteiger partial charge in [-0.1, -0.05) is 72.8 Å². The molecule has 0 unspecified atom stereocenters. The lowest BCUT2D eigenvalue weighted by Crippen LogP contribution is -2.44. The maximum Gasteiger partial charge on any atom is 0.419 e. The van der Waals surface area contributed by atoms with E-state index in [1.807, 2.05) is 30.3 Å². The predicted molar refractivity (Wildman–Crippen MR) is 147 cm³/mol. The van der Waals surface area contributed by atoms with Crippen molar-refractivity contribution in [3.63, 3.8) is 0 Å². The first kappa shape index (κ1) is 27.6. The van der Waals surface area contributed by atoms with Gasteiger partial charge < -0.3 is 15.2 Å². The molecule has 202 valence electrons. The molecule has 0 saturated heterocycles. The van der Waals surface area contributed by atoms with Crippen LogP contribution in [0.25, 0.3) is 0 Å². The van der Waals surface area contributed by atoms with Crippen LogP contribution in [0, 0.1) is 0 Å². The van der Waals surface area contributed by atoms with Gasteiger partial charge in [0.15, 0.2) is 0 Å². The van der Waals surface area contributed by atoms with Crippen LogP contribution in [-0.2, 0) is 15.6 Å². The Kier molecular flexibility index (Phi) is 9.04. The second kappa shape index (κ2) is 12.4. The van der Waals surface area contributed by atoms with Gasteiger partial charge in [-0.15, -0.1) is 0 Å². The summed E-state index contributed by atoms with van der Waals surface area (Å²) in [6.45, 7) is 0.120. The van der Waals surface area contributed by atoms with Gasteiger partial charge in [0.05, 0.1) is 13.2 Å². The quantitative estimate of drug-likeness (QED) is 0.281. The first-order valence-corrected chi connectivity index (χ1v) is 14.3. The van der Waals surface area contributed by atoms with E-state index in [0.717, 1.165) is 37.0 Å². The summed E-state index contributed by atoms with van der Waals surface area (Å²) in [7, 11) is -2.50. The SMILES string of the molecule is COc1cccc([C@]2(CCNS(=O)(=O)NC(=O)O)CC[C@@H](NC(c3ccccc3)c3ccccc3)CC2)c1. The number of hydrogen-bond donors (Lipinski definition) is 4. The Balaban J connectivity index is 1.51. The van der Waals surface area contributed by atoms with Crippen molar-refractivity contribution < 1.29 is 23.1 Å². The van der Waals surface area contributed by atoms with Crippen LogP contribution in [0.1, 0.15) is 54.8 Å². The first-order valence-electron chi connectivity index (χ1n) is 12.8. The molecule has 0 bridgehead atoms. The van der Waals surface area contributed by atoms with Crippen LogP contribution < -0.4 is 19.5 Å². The lowest BCUT2D eigenvalue weighted by Gasteiger charge is -2.42. The van der Waals surface area contributed by atoms with Crippen LogP contribution in [0.2, 0.25) is 0 Å². The Labute approximate surface area is 224 Å². The molecule has 0 radical (unpaired) electrons. The van der Waals surface area contributed by atoms with E-state index in [4.69, 9.17) is 9.84 Å². The number of nitrogens with one attached hydrogen (secondary N) is 3. The topological polar surface area (TPSA) is 117 Å². The van der Waals surface area contributed by atoms with Crippen molar-refractivity contribution in [1.82, 2.24) is 14.8 Å². The number of amides is 1. The molecule has 1 fully saturated rings. The van der Waals surface area contributed by atoms with Crippen molar-refractivity contribution in [2.24, 2.45) is 0 Å². The predicted octanol–water partition coefficient (Wildman–Crippen LogP) is 4.75. The van der Waals surface area contributed by atoms with E-state index in [9.17, 15) is 13.2 Å². The molecule has 38 heavy (non-hydrogen) atoms. The van der Waals surface area contributed by atoms with E-state index in [0.29, 0.717) is 6.42 Å². The van der Waals surface area contributed by atoms with Crippen LogP contribution in [0.3, 0.4) is 0 Å². The zero-order chi connectivity index (χ0) is 27.0. The van der Waals surface area contributed by atoms with Crippen LogP contribution in [0.4, 0.5) is 4.79 Å². The summed E-state index contributed by atoms with van der Waals surface area (Å²) in [5, 5.41) is 12.7.